The van der Waals surface area contributed by atoms with Crippen LogP contribution in [-0.4, -0.2) is 35.4 Å². The van der Waals surface area contributed by atoms with Gasteiger partial charge >= 0.3 is 25.0 Å². The number of aliphatic hydroxyl groups excluding tert-OH is 1. The van der Waals surface area contributed by atoms with Gasteiger partial charge in [0.15, 0.2) is 0 Å². The monoisotopic (exact) mass is 239 g/mol. The van der Waals surface area contributed by atoms with E-state index < -0.39 is 23.8 Å². The summed E-state index contributed by atoms with van der Waals surface area (Å²) in [4.78, 5) is 21.2. The van der Waals surface area contributed by atoms with Crippen LogP contribution >= 0.6 is 0 Å². The summed E-state index contributed by atoms with van der Waals surface area (Å²) in [5, 5.41) is 21.7. The third-order valence-electron chi connectivity index (χ3n) is 1.56. The van der Waals surface area contributed by atoms with Crippen LogP contribution in [0.25, 0.3) is 0 Å². The second-order valence-corrected chi connectivity index (χ2v) is 4.45. The predicted molar refractivity (Wildman–Crippen MR) is 54.5 cm³/mol. The van der Waals surface area contributed by atoms with Crippen LogP contribution in [0, 0.1) is 0 Å². The van der Waals surface area contributed by atoms with Crippen LogP contribution in [0.5, 0.6) is 0 Å². The number of aliphatic carboxylic acids is 1. The van der Waals surface area contributed by atoms with Gasteiger partial charge in [-0.2, -0.15) is 0 Å². The second kappa shape index (κ2) is 8.40. The number of amides is 1. The van der Waals surface area contributed by atoms with Crippen LogP contribution in [0.1, 0.15) is 33.6 Å². The van der Waals surface area contributed by atoms with Crippen LogP contribution in [-0.2, 0) is 9.53 Å². The Labute approximate surface area is 113 Å². The van der Waals surface area contributed by atoms with E-state index in [0.717, 1.165) is 0 Å². The van der Waals surface area contributed by atoms with Gasteiger partial charge in [-0.25, -0.2) is 4.79 Å². The molecule has 0 saturated carbocycles. The molecule has 94 valence electrons. The molecule has 0 radical (unpaired) electrons. The standard InChI is InChI=1S/C10H19NO5.Li/c1-10(2,3)16-9(15)11-6-7(12)4-5-8(13)14;/h7,12H,4-6H2,1-3H3,(H,11,15)(H,13,14);/q;+1/p-1. The average molecular weight is 239 g/mol. The Morgan fingerprint density at radius 1 is 1.41 bits per heavy atom. The zero-order valence-corrected chi connectivity index (χ0v) is 10.8. The molecule has 17 heavy (non-hydrogen) atoms. The molecule has 0 rings (SSSR count). The number of ether oxygens (including phenoxy) is 1. The number of hydrogen-bond acceptors (Lipinski definition) is 5. The van der Waals surface area contributed by atoms with Crippen molar-refractivity contribution in [2.24, 2.45) is 0 Å². The molecule has 0 aliphatic heterocycles. The minimum absolute atomic E-state index is 0. The summed E-state index contributed by atoms with van der Waals surface area (Å²) in [5.74, 6) is -1.23. The van der Waals surface area contributed by atoms with Crippen molar-refractivity contribution in [3.63, 3.8) is 0 Å². The Hall–Kier alpha value is -0.703. The number of alkyl carbamates (subject to hydrolysis) is 1. The number of aliphatic hydroxyl groups is 1. The molecule has 0 aromatic carbocycles. The maximum atomic E-state index is 11.1. The van der Waals surface area contributed by atoms with Crippen LogP contribution in [0.15, 0.2) is 0 Å². The van der Waals surface area contributed by atoms with Crippen molar-refractivity contribution in [1.29, 1.82) is 0 Å². The molecular formula is C10H18LiNO5. The SMILES string of the molecule is CC(C)(C)OC(=O)NCC(O)CCC(=O)[O-].[Li+]. The van der Waals surface area contributed by atoms with Crippen molar-refractivity contribution in [3.8, 4) is 0 Å². The van der Waals surface area contributed by atoms with Gasteiger partial charge in [0, 0.05) is 12.5 Å². The first-order valence-electron chi connectivity index (χ1n) is 5.05. The Balaban J connectivity index is 0. The Morgan fingerprint density at radius 2 is 1.94 bits per heavy atom. The van der Waals surface area contributed by atoms with Crippen molar-refractivity contribution in [2.45, 2.75) is 45.3 Å². The number of rotatable bonds is 5. The number of carboxylic acid groups (broad SMARTS) is 1. The van der Waals surface area contributed by atoms with Crippen LogP contribution in [0.2, 0.25) is 0 Å². The molecule has 0 aromatic heterocycles. The van der Waals surface area contributed by atoms with Crippen molar-refractivity contribution in [3.05, 3.63) is 0 Å². The number of carbonyl (C=O) groups excluding carboxylic acids is 2. The van der Waals surface area contributed by atoms with Crippen molar-refractivity contribution < 1.29 is 43.4 Å². The molecule has 0 aromatic rings. The fourth-order valence-electron chi connectivity index (χ4n) is 0.902. The molecule has 0 aliphatic rings. The van der Waals surface area contributed by atoms with Gasteiger partial charge in [0.25, 0.3) is 0 Å². The predicted octanol–water partition coefficient (Wildman–Crippen LogP) is -3.59. The number of carbonyl (C=O) groups is 2. The van der Waals surface area contributed by atoms with Gasteiger partial charge in [-0.15, -0.1) is 0 Å². The maximum Gasteiger partial charge on any atom is 1.00 e. The molecule has 0 aliphatic carbocycles. The molecule has 0 fully saturated rings. The first-order chi connectivity index (χ1) is 7.20. The van der Waals surface area contributed by atoms with E-state index in [1.165, 1.54) is 0 Å². The molecule has 0 saturated heterocycles. The molecule has 0 heterocycles. The summed E-state index contributed by atoms with van der Waals surface area (Å²) in [6.45, 7) is 5.12. The van der Waals surface area contributed by atoms with Crippen LogP contribution in [0.4, 0.5) is 4.79 Å². The number of nitrogens with one attached hydrogen (secondary N) is 1. The Bertz CT molecular complexity index is 252. The Morgan fingerprint density at radius 3 is 2.35 bits per heavy atom. The summed E-state index contributed by atoms with van der Waals surface area (Å²) in [6.07, 6.45) is -1.75. The topological polar surface area (TPSA) is 98.7 Å². The van der Waals surface area contributed by atoms with E-state index in [9.17, 15) is 19.8 Å². The normalized spacial score (nSPS) is 12.2. The van der Waals surface area contributed by atoms with E-state index >= 15 is 0 Å². The molecule has 1 unspecified atom stereocenters. The quantitative estimate of drug-likeness (QED) is 0.483. The molecule has 0 spiro atoms. The largest absolute Gasteiger partial charge is 1.00 e. The van der Waals surface area contributed by atoms with E-state index in [2.05, 4.69) is 5.32 Å². The summed E-state index contributed by atoms with van der Waals surface area (Å²) >= 11 is 0. The molecular weight excluding hydrogens is 221 g/mol. The first kappa shape index (κ1) is 18.7. The van der Waals surface area contributed by atoms with Gasteiger partial charge in [-0.3, -0.25) is 0 Å². The average Bonchev–Trinajstić information content (AvgIpc) is 2.08. The van der Waals surface area contributed by atoms with E-state index in [1.54, 1.807) is 20.8 Å². The smallest absolute Gasteiger partial charge is 0.550 e. The minimum Gasteiger partial charge on any atom is -0.550 e. The van der Waals surface area contributed by atoms with E-state index in [-0.39, 0.29) is 38.2 Å². The van der Waals surface area contributed by atoms with Crippen molar-refractivity contribution in [1.82, 2.24) is 5.32 Å². The number of hydrogen-bond donors (Lipinski definition) is 2. The summed E-state index contributed by atoms with van der Waals surface area (Å²) < 4.78 is 4.92. The van der Waals surface area contributed by atoms with Gasteiger partial charge in [-0.1, -0.05) is 0 Å². The number of carboxylic acids is 1. The maximum absolute atomic E-state index is 11.1. The van der Waals surface area contributed by atoms with Gasteiger partial charge in [0.05, 0.1) is 6.10 Å². The van der Waals surface area contributed by atoms with Gasteiger partial charge in [0.2, 0.25) is 0 Å². The molecule has 7 heteroatoms. The molecule has 6 nitrogen and oxygen atoms in total. The zero-order valence-electron chi connectivity index (χ0n) is 10.8. The molecule has 1 atom stereocenters. The Kier molecular flexibility index (Phi) is 9.22. The molecule has 1 amide bonds. The summed E-state index contributed by atoms with van der Waals surface area (Å²) in [5.41, 5.74) is -0.597. The van der Waals surface area contributed by atoms with Crippen LogP contribution in [0.3, 0.4) is 0 Å². The van der Waals surface area contributed by atoms with Gasteiger partial charge in [-0.05, 0) is 33.6 Å². The summed E-state index contributed by atoms with van der Waals surface area (Å²) in [6, 6.07) is 0. The minimum atomic E-state index is -1.23. The van der Waals surface area contributed by atoms with Crippen LogP contribution < -0.4 is 29.3 Å². The summed E-state index contributed by atoms with van der Waals surface area (Å²) in [7, 11) is 0. The second-order valence-electron chi connectivity index (χ2n) is 4.45. The van der Waals surface area contributed by atoms with Gasteiger partial charge in [0.1, 0.15) is 5.60 Å². The van der Waals surface area contributed by atoms with E-state index in [0.29, 0.717) is 0 Å². The van der Waals surface area contributed by atoms with E-state index in [1.807, 2.05) is 0 Å². The fraction of sp³-hybridized carbons (Fsp3) is 0.800. The zero-order chi connectivity index (χ0) is 12.8. The first-order valence-corrected chi connectivity index (χ1v) is 5.05. The third-order valence-corrected chi connectivity index (χ3v) is 1.56. The molecule has 2 N–H and O–H groups in total. The van der Waals surface area contributed by atoms with E-state index in [4.69, 9.17) is 4.74 Å². The third kappa shape index (κ3) is 13.2. The van der Waals surface area contributed by atoms with Gasteiger partial charge < -0.3 is 25.1 Å². The van der Waals surface area contributed by atoms with Crippen molar-refractivity contribution >= 4 is 12.1 Å². The molecule has 0 bridgehead atoms. The van der Waals surface area contributed by atoms with Crippen molar-refractivity contribution in [2.75, 3.05) is 6.54 Å². The fourth-order valence-corrected chi connectivity index (χ4v) is 0.902.